The first kappa shape index (κ1) is 35.4. The predicted octanol–water partition coefficient (Wildman–Crippen LogP) is 1.44. The molecule has 0 aromatic heterocycles. The first-order chi connectivity index (χ1) is 1.00. The zero-order valence-corrected chi connectivity index (χ0v) is 12.3. The van der Waals surface area contributed by atoms with Gasteiger partial charge < -0.3 is 19.8 Å². The molecule has 0 nitrogen and oxygen atoms in total. The van der Waals surface area contributed by atoms with E-state index >= 15 is 0 Å². The molecule has 0 aliphatic carbocycles. The van der Waals surface area contributed by atoms with Gasteiger partial charge in [-0.25, -0.2) is 0 Å². The van der Waals surface area contributed by atoms with E-state index < -0.39 is 0 Å². The molecule has 0 amide bonds. The maximum absolute atomic E-state index is 3.47. The molecule has 0 atom stereocenters. The van der Waals surface area contributed by atoms with Crippen molar-refractivity contribution in [3.8, 4) is 0 Å². The largest absolute Gasteiger partial charge is 3.00 e. The van der Waals surface area contributed by atoms with Crippen molar-refractivity contribution in [1.82, 2.24) is 0 Å². The minimum absolute atomic E-state index is 0. The quantitative estimate of drug-likeness (QED) is 0.469. The maximum Gasteiger partial charge on any atom is 3.00 e. The summed E-state index contributed by atoms with van der Waals surface area (Å²) in [5, 5.41) is 0. The molecule has 0 fully saturated rings. The van der Waals surface area contributed by atoms with Crippen molar-refractivity contribution in [2.24, 2.45) is 0 Å². The summed E-state index contributed by atoms with van der Waals surface area (Å²) in [7, 11) is 3.47. The van der Waals surface area contributed by atoms with Gasteiger partial charge >= 0.3 is 62.4 Å². The summed E-state index contributed by atoms with van der Waals surface area (Å²) in [6.45, 7) is 0. The molecule has 0 aromatic rings. The molecule has 6 heteroatoms. The monoisotopic (exact) mass is 306 g/mol. The van der Waals surface area contributed by atoms with Gasteiger partial charge in [0.15, 0.2) is 0 Å². The summed E-state index contributed by atoms with van der Waals surface area (Å²) in [4.78, 5) is 0. The van der Waals surface area contributed by atoms with Gasteiger partial charge in [0, 0.05) is 0 Å². The maximum atomic E-state index is 3.47. The fraction of sp³-hybridized carbons (Fsp3) is 0. The summed E-state index contributed by atoms with van der Waals surface area (Å²) in [6.07, 6.45) is 0. The van der Waals surface area contributed by atoms with Gasteiger partial charge in [0.05, 0.1) is 0 Å². The van der Waals surface area contributed by atoms with Crippen LogP contribution >= 0.6 is 26.9 Å². The van der Waals surface area contributed by atoms with Crippen molar-refractivity contribution in [3.63, 3.8) is 0 Å². The second-order valence-electron chi connectivity index (χ2n) is 0. The van der Waals surface area contributed by atoms with E-state index in [2.05, 4.69) is 7.14 Å². The minimum atomic E-state index is 0. The van der Waals surface area contributed by atoms with Gasteiger partial charge in [-0.2, -0.15) is 0 Å². The first-order valence-corrected chi connectivity index (χ1v) is 3.12. The van der Waals surface area contributed by atoms with Gasteiger partial charge in [-0.05, 0) is 0 Å². The Kier molecular flexibility index (Phi) is 250. The number of hydrogen-bond donors (Lipinski definition) is 0. The van der Waals surface area contributed by atoms with Crippen LogP contribution in [-0.2, 0) is 0 Å². The smallest absolute Gasteiger partial charge is 3.00 e. The summed E-state index contributed by atoms with van der Waals surface area (Å²) in [6, 6.07) is 0. The Bertz CT molecular complexity index is 13.5. The molecule has 0 aliphatic heterocycles. The Morgan fingerprint density at radius 2 is 0.833 bits per heavy atom. The van der Waals surface area contributed by atoms with Crippen molar-refractivity contribution >= 4 is 82.2 Å². The Morgan fingerprint density at radius 1 is 0.833 bits per heavy atom. The third-order valence-electron chi connectivity index (χ3n) is 0. The van der Waals surface area contributed by atoms with Gasteiger partial charge in [0.2, 0.25) is 0 Å². The van der Waals surface area contributed by atoms with Crippen LogP contribution in [0.2, 0.25) is 0 Å². The molecule has 0 saturated heterocycles. The Balaban J connectivity index is -0.000000000833. The third kappa shape index (κ3) is 27.4. The SMILES string of the molecule is P#[As].[Ga+3].[Ga+3].[P-3].[P-3]. The van der Waals surface area contributed by atoms with E-state index in [-0.39, 0.29) is 59.4 Å². The predicted molar refractivity (Wildman–Crippen MR) is 38.0 cm³/mol. The van der Waals surface area contributed by atoms with E-state index in [9.17, 15) is 0 Å². The van der Waals surface area contributed by atoms with E-state index in [4.69, 9.17) is 0 Å². The molecule has 6 heavy (non-hydrogen) atoms. The molecular formula is AsGa2P3. The van der Waals surface area contributed by atoms with Gasteiger partial charge in [-0.15, -0.1) is 0 Å². The Labute approximate surface area is 81.4 Å². The van der Waals surface area contributed by atoms with Crippen LogP contribution in [0.25, 0.3) is 0 Å². The molecule has 0 saturated carbocycles. The zero-order chi connectivity index (χ0) is 2.00. The third-order valence-corrected chi connectivity index (χ3v) is 0. The Morgan fingerprint density at radius 3 is 0.833 bits per heavy atom. The van der Waals surface area contributed by atoms with Crippen LogP contribution in [0.3, 0.4) is 0 Å². The summed E-state index contributed by atoms with van der Waals surface area (Å²) >= 11 is 2.01. The summed E-state index contributed by atoms with van der Waals surface area (Å²) < 4.78 is 0. The van der Waals surface area contributed by atoms with Crippen LogP contribution in [-0.4, -0.2) is 55.3 Å². The van der Waals surface area contributed by atoms with Crippen molar-refractivity contribution in [2.45, 2.75) is 0 Å². The average molecular weight is 307 g/mol. The van der Waals surface area contributed by atoms with Gasteiger partial charge in [-0.3, -0.25) is 0 Å². The fourth-order valence-corrected chi connectivity index (χ4v) is 0. The zero-order valence-electron chi connectivity index (χ0n) is 2.94. The van der Waals surface area contributed by atoms with Crippen molar-refractivity contribution in [1.29, 1.82) is 0 Å². The number of rotatable bonds is 0. The molecule has 0 heterocycles. The van der Waals surface area contributed by atoms with E-state index in [1.54, 1.807) is 0 Å². The molecular weight excluding hydrogens is 307 g/mol. The van der Waals surface area contributed by atoms with Crippen molar-refractivity contribution in [2.75, 3.05) is 0 Å². The molecule has 0 unspecified atom stereocenters. The van der Waals surface area contributed by atoms with Crippen LogP contribution in [0.5, 0.6) is 0 Å². The van der Waals surface area contributed by atoms with E-state index in [0.29, 0.717) is 0 Å². The van der Waals surface area contributed by atoms with E-state index in [0.717, 1.165) is 0 Å². The van der Waals surface area contributed by atoms with Gasteiger partial charge in [-0.1, -0.05) is 0 Å². The van der Waals surface area contributed by atoms with E-state index in [1.807, 2.05) is 15.7 Å². The fourth-order valence-electron chi connectivity index (χ4n) is 0. The minimum Gasteiger partial charge on any atom is -3.00 e. The van der Waals surface area contributed by atoms with Gasteiger partial charge in [0.1, 0.15) is 0 Å². The molecule has 0 rings (SSSR count). The molecule has 0 spiro atoms. The van der Waals surface area contributed by atoms with Crippen LogP contribution in [0.4, 0.5) is 0 Å². The summed E-state index contributed by atoms with van der Waals surface area (Å²) in [5.74, 6) is 0. The van der Waals surface area contributed by atoms with Crippen molar-refractivity contribution in [3.05, 3.63) is 0 Å². The second-order valence-corrected chi connectivity index (χ2v) is 0. The molecule has 0 radical (unpaired) electrons. The molecule has 0 N–H and O–H groups in total. The van der Waals surface area contributed by atoms with Crippen molar-refractivity contribution < 1.29 is 0 Å². The molecule has 0 bridgehead atoms. The molecule has 0 aromatic carbocycles. The second kappa shape index (κ2) is 42.3. The first-order valence-electron chi connectivity index (χ1n) is 0.200. The standard InChI is InChI=1S/AsP.2Ga.2P/c1-2;;;;/q;2*+3;2*-3. The number of hydrogen-bond acceptors (Lipinski definition) is 0. The average Bonchev–Trinajstić information content (AvgIpc) is 1.00. The van der Waals surface area contributed by atoms with Crippen LogP contribution in [0.1, 0.15) is 0 Å². The van der Waals surface area contributed by atoms with Crippen LogP contribution < -0.4 is 0 Å². The molecule has 26 valence electrons. The summed E-state index contributed by atoms with van der Waals surface area (Å²) in [5.41, 5.74) is 0. The Hall–Kier alpha value is 3.12. The van der Waals surface area contributed by atoms with Gasteiger partial charge in [0.25, 0.3) is 0 Å². The molecule has 0 aliphatic rings. The van der Waals surface area contributed by atoms with E-state index in [1.165, 1.54) is 0 Å². The normalized spacial score (nSPS) is 0.333. The van der Waals surface area contributed by atoms with Crippen LogP contribution in [0.15, 0.2) is 0 Å². The van der Waals surface area contributed by atoms with Crippen LogP contribution in [0, 0.1) is 0 Å². The topological polar surface area (TPSA) is 0 Å².